The van der Waals surface area contributed by atoms with Crippen LogP contribution in [0.15, 0.2) is 27.8 Å². The third-order valence-corrected chi connectivity index (χ3v) is 1.98. The molecule has 74 valence electrons. The summed E-state index contributed by atoms with van der Waals surface area (Å²) in [6.45, 7) is 0. The third-order valence-electron chi connectivity index (χ3n) is 1.29. The second-order valence-electron chi connectivity index (χ2n) is 2.33. The zero-order valence-corrected chi connectivity index (χ0v) is 8.45. The number of aliphatic carboxylic acids is 1. The van der Waals surface area contributed by atoms with E-state index in [9.17, 15) is 9.18 Å². The fraction of sp³-hybridized carbons (Fsp3) is 0. The van der Waals surface area contributed by atoms with Gasteiger partial charge in [-0.15, -0.1) is 0 Å². The van der Waals surface area contributed by atoms with Crippen LogP contribution in [0.4, 0.5) is 10.1 Å². The zero-order valence-electron chi connectivity index (χ0n) is 6.87. The molecule has 0 aromatic heterocycles. The lowest BCUT2D eigenvalue weighted by molar-refractivity contribution is -0.128. The molecule has 4 nitrogen and oxygen atoms in total. The number of halogens is 2. The SMILES string of the molecule is O=C(O)/C=N/Nc1cc(F)ccc1Br. The number of benzene rings is 1. The van der Waals surface area contributed by atoms with Crippen molar-refractivity contribution in [1.82, 2.24) is 0 Å². The van der Waals surface area contributed by atoms with Crippen LogP contribution in [0, 0.1) is 5.82 Å². The summed E-state index contributed by atoms with van der Waals surface area (Å²) in [6.07, 6.45) is 0.678. The summed E-state index contributed by atoms with van der Waals surface area (Å²) >= 11 is 3.15. The number of carboxylic acid groups (broad SMARTS) is 1. The Kier molecular flexibility index (Phi) is 3.58. The standard InChI is InChI=1S/C8H6BrFN2O2/c9-6-2-1-5(10)3-7(6)12-11-4-8(13)14/h1-4,12H,(H,13,14)/b11-4+. The van der Waals surface area contributed by atoms with Crippen molar-refractivity contribution in [3.8, 4) is 0 Å². The Labute approximate surface area is 87.6 Å². The van der Waals surface area contributed by atoms with Gasteiger partial charge in [-0.2, -0.15) is 5.10 Å². The zero-order chi connectivity index (χ0) is 10.6. The Bertz CT molecular complexity index is 382. The summed E-state index contributed by atoms with van der Waals surface area (Å²) in [5.74, 6) is -1.61. The highest BCUT2D eigenvalue weighted by atomic mass is 79.9. The molecule has 0 heterocycles. The van der Waals surface area contributed by atoms with Crippen LogP contribution < -0.4 is 5.43 Å². The molecular weight excluding hydrogens is 255 g/mol. The molecule has 0 radical (unpaired) electrons. The molecular formula is C8H6BrFN2O2. The topological polar surface area (TPSA) is 61.7 Å². The van der Waals surface area contributed by atoms with Crippen molar-refractivity contribution in [2.24, 2.45) is 5.10 Å². The highest BCUT2D eigenvalue weighted by Crippen LogP contribution is 2.22. The van der Waals surface area contributed by atoms with E-state index in [4.69, 9.17) is 5.11 Å². The van der Waals surface area contributed by atoms with E-state index in [1.165, 1.54) is 18.2 Å². The normalized spacial score (nSPS) is 10.4. The largest absolute Gasteiger partial charge is 0.477 e. The second kappa shape index (κ2) is 4.71. The van der Waals surface area contributed by atoms with Gasteiger partial charge < -0.3 is 5.11 Å². The molecule has 0 spiro atoms. The maximum atomic E-state index is 12.7. The van der Waals surface area contributed by atoms with Gasteiger partial charge in [0.1, 0.15) is 12.0 Å². The first kappa shape index (κ1) is 10.6. The highest BCUT2D eigenvalue weighted by Gasteiger charge is 1.99. The van der Waals surface area contributed by atoms with Gasteiger partial charge in [0.25, 0.3) is 0 Å². The highest BCUT2D eigenvalue weighted by molar-refractivity contribution is 9.10. The van der Waals surface area contributed by atoms with Crippen molar-refractivity contribution < 1.29 is 14.3 Å². The van der Waals surface area contributed by atoms with E-state index in [0.717, 1.165) is 0 Å². The van der Waals surface area contributed by atoms with Crippen molar-refractivity contribution in [2.75, 3.05) is 5.43 Å². The van der Waals surface area contributed by atoms with Gasteiger partial charge in [-0.25, -0.2) is 9.18 Å². The Morgan fingerprint density at radius 2 is 2.36 bits per heavy atom. The van der Waals surface area contributed by atoms with Gasteiger partial charge in [-0.3, -0.25) is 5.43 Å². The van der Waals surface area contributed by atoms with Crippen molar-refractivity contribution in [2.45, 2.75) is 0 Å². The van der Waals surface area contributed by atoms with Gasteiger partial charge in [0, 0.05) is 4.47 Å². The van der Waals surface area contributed by atoms with E-state index < -0.39 is 11.8 Å². The van der Waals surface area contributed by atoms with Gasteiger partial charge in [-0.05, 0) is 34.1 Å². The summed E-state index contributed by atoms with van der Waals surface area (Å²) in [5.41, 5.74) is 2.75. The van der Waals surface area contributed by atoms with Crippen molar-refractivity contribution in [3.05, 3.63) is 28.5 Å². The van der Waals surface area contributed by atoms with Gasteiger partial charge in [0.15, 0.2) is 0 Å². The van der Waals surface area contributed by atoms with Crippen molar-refractivity contribution >= 4 is 33.8 Å². The lowest BCUT2D eigenvalue weighted by Crippen LogP contribution is -1.99. The predicted molar refractivity (Wildman–Crippen MR) is 53.9 cm³/mol. The molecule has 1 rings (SSSR count). The quantitative estimate of drug-likeness (QED) is 0.646. The van der Waals surface area contributed by atoms with Crippen LogP contribution in [0.5, 0.6) is 0 Å². The summed E-state index contributed by atoms with van der Waals surface area (Å²) in [4.78, 5) is 10.1. The van der Waals surface area contributed by atoms with Gasteiger partial charge >= 0.3 is 5.97 Å². The number of rotatable bonds is 3. The number of nitrogens with one attached hydrogen (secondary N) is 1. The first-order valence-corrected chi connectivity index (χ1v) is 4.36. The molecule has 0 aliphatic rings. The molecule has 0 amide bonds. The minimum absolute atomic E-state index is 0.363. The Balaban J connectivity index is 2.76. The Morgan fingerprint density at radius 3 is 3.00 bits per heavy atom. The molecule has 0 saturated carbocycles. The van der Waals surface area contributed by atoms with Gasteiger partial charge in [0.05, 0.1) is 5.69 Å². The van der Waals surface area contributed by atoms with E-state index in [1.807, 2.05) is 0 Å². The minimum atomic E-state index is -1.18. The Morgan fingerprint density at radius 1 is 1.64 bits per heavy atom. The number of hydrogen-bond acceptors (Lipinski definition) is 3. The van der Waals surface area contributed by atoms with E-state index >= 15 is 0 Å². The molecule has 6 heteroatoms. The molecule has 0 aliphatic heterocycles. The van der Waals surface area contributed by atoms with E-state index in [-0.39, 0.29) is 0 Å². The van der Waals surface area contributed by atoms with Crippen LogP contribution in [0.25, 0.3) is 0 Å². The number of carboxylic acids is 1. The maximum absolute atomic E-state index is 12.7. The van der Waals surface area contributed by atoms with E-state index in [0.29, 0.717) is 16.4 Å². The van der Waals surface area contributed by atoms with Gasteiger partial charge in [-0.1, -0.05) is 0 Å². The molecule has 1 aromatic carbocycles. The van der Waals surface area contributed by atoms with Crippen LogP contribution >= 0.6 is 15.9 Å². The average Bonchev–Trinajstić information content (AvgIpc) is 2.10. The number of hydrazone groups is 1. The molecule has 1 aromatic rings. The smallest absolute Gasteiger partial charge is 0.348 e. The number of carbonyl (C=O) groups is 1. The fourth-order valence-corrected chi connectivity index (χ4v) is 1.08. The molecule has 0 bridgehead atoms. The Hall–Kier alpha value is -1.43. The summed E-state index contributed by atoms with van der Waals surface area (Å²) in [7, 11) is 0. The third kappa shape index (κ3) is 3.14. The summed E-state index contributed by atoms with van der Waals surface area (Å²) in [5, 5.41) is 11.6. The number of hydrogen-bond donors (Lipinski definition) is 2. The maximum Gasteiger partial charge on any atom is 0.348 e. The first-order valence-electron chi connectivity index (χ1n) is 3.56. The van der Waals surface area contributed by atoms with E-state index in [2.05, 4.69) is 26.5 Å². The molecule has 0 aliphatic carbocycles. The molecule has 0 atom stereocenters. The molecule has 14 heavy (non-hydrogen) atoms. The van der Waals surface area contributed by atoms with Crippen LogP contribution in [0.3, 0.4) is 0 Å². The van der Waals surface area contributed by atoms with Crippen LogP contribution in [-0.4, -0.2) is 17.3 Å². The summed E-state index contributed by atoms with van der Waals surface area (Å²) in [6, 6.07) is 3.97. The first-order chi connectivity index (χ1) is 6.59. The van der Waals surface area contributed by atoms with Crippen molar-refractivity contribution in [3.63, 3.8) is 0 Å². The number of anilines is 1. The molecule has 0 unspecified atom stereocenters. The van der Waals surface area contributed by atoms with Crippen LogP contribution in [0.2, 0.25) is 0 Å². The number of nitrogens with zero attached hydrogens (tertiary/aromatic N) is 1. The minimum Gasteiger partial charge on any atom is -0.477 e. The fourth-order valence-electron chi connectivity index (χ4n) is 0.740. The van der Waals surface area contributed by atoms with Crippen molar-refractivity contribution in [1.29, 1.82) is 0 Å². The molecule has 0 fully saturated rings. The average molecular weight is 261 g/mol. The monoisotopic (exact) mass is 260 g/mol. The second-order valence-corrected chi connectivity index (χ2v) is 3.19. The molecule has 2 N–H and O–H groups in total. The lowest BCUT2D eigenvalue weighted by atomic mass is 10.3. The van der Waals surface area contributed by atoms with Crippen LogP contribution in [0.1, 0.15) is 0 Å². The van der Waals surface area contributed by atoms with E-state index in [1.54, 1.807) is 0 Å². The lowest BCUT2D eigenvalue weighted by Gasteiger charge is -2.02. The van der Waals surface area contributed by atoms with Gasteiger partial charge in [0.2, 0.25) is 0 Å². The summed E-state index contributed by atoms with van der Waals surface area (Å²) < 4.78 is 13.3. The molecule has 0 saturated heterocycles. The predicted octanol–water partition coefficient (Wildman–Crippen LogP) is 2.07. The van der Waals surface area contributed by atoms with Crippen LogP contribution in [-0.2, 0) is 4.79 Å².